The number of nitrogens with one attached hydrogen (secondary N) is 3. The van der Waals surface area contributed by atoms with Crippen LogP contribution in [0.3, 0.4) is 0 Å². The molecule has 0 saturated heterocycles. The van der Waals surface area contributed by atoms with Crippen LogP contribution in [0.25, 0.3) is 0 Å². The highest BCUT2D eigenvalue weighted by atomic mass is 35.5. The van der Waals surface area contributed by atoms with Gasteiger partial charge in [-0.25, -0.2) is 0 Å². The number of nitrogens with zero attached hydrogens (tertiary/aromatic N) is 1. The van der Waals surface area contributed by atoms with Gasteiger partial charge in [0.15, 0.2) is 5.96 Å². The molecular weight excluding hydrogens is 226 g/mol. The number of halogens is 1. The van der Waals surface area contributed by atoms with E-state index in [1.54, 1.807) is 18.0 Å². The Balaban J connectivity index is 3.00. The normalized spacial score (nSPS) is 9.69. The van der Waals surface area contributed by atoms with Crippen LogP contribution in [0.1, 0.15) is 5.56 Å². The van der Waals surface area contributed by atoms with E-state index in [1.807, 2.05) is 19.1 Å². The Bertz CT molecular complexity index is 409. The molecule has 0 heterocycles. The van der Waals surface area contributed by atoms with Crippen molar-refractivity contribution in [1.29, 1.82) is 10.8 Å². The lowest BCUT2D eigenvalue weighted by atomic mass is 10.2. The SMILES string of the molecule is Cc1cccc(Cl)c1N(C)C(=N)NC(=N)N. The first kappa shape index (κ1) is 12.3. The first-order valence-corrected chi connectivity index (χ1v) is 4.99. The van der Waals surface area contributed by atoms with E-state index in [0.717, 1.165) is 11.3 Å². The molecule has 0 fully saturated rings. The number of aryl methyl sites for hydroxylation is 1. The molecule has 6 heteroatoms. The Morgan fingerprint density at radius 2 is 2.06 bits per heavy atom. The number of hydrogen-bond donors (Lipinski definition) is 4. The number of guanidine groups is 2. The summed E-state index contributed by atoms with van der Waals surface area (Å²) in [5.74, 6) is -0.273. The van der Waals surface area contributed by atoms with Crippen LogP contribution in [-0.4, -0.2) is 19.0 Å². The van der Waals surface area contributed by atoms with Crippen molar-refractivity contribution < 1.29 is 0 Å². The first-order chi connectivity index (χ1) is 7.43. The fraction of sp³-hybridized carbons (Fsp3) is 0.200. The van der Waals surface area contributed by atoms with Gasteiger partial charge in [0.25, 0.3) is 0 Å². The predicted octanol–water partition coefficient (Wildman–Crippen LogP) is 1.50. The molecule has 0 radical (unpaired) electrons. The molecule has 16 heavy (non-hydrogen) atoms. The van der Waals surface area contributed by atoms with Crippen molar-refractivity contribution in [2.45, 2.75) is 6.92 Å². The van der Waals surface area contributed by atoms with Crippen LogP contribution in [0.2, 0.25) is 5.02 Å². The van der Waals surface area contributed by atoms with Gasteiger partial charge in [-0.15, -0.1) is 0 Å². The van der Waals surface area contributed by atoms with E-state index >= 15 is 0 Å². The van der Waals surface area contributed by atoms with Gasteiger partial charge in [0.1, 0.15) is 0 Å². The second kappa shape index (κ2) is 4.85. The molecule has 0 aliphatic heterocycles. The number of anilines is 1. The molecule has 1 aromatic carbocycles. The molecule has 0 aliphatic carbocycles. The Morgan fingerprint density at radius 1 is 1.44 bits per heavy atom. The van der Waals surface area contributed by atoms with Crippen molar-refractivity contribution in [3.8, 4) is 0 Å². The van der Waals surface area contributed by atoms with Crippen LogP contribution in [0.15, 0.2) is 18.2 Å². The van der Waals surface area contributed by atoms with Crippen LogP contribution in [0, 0.1) is 17.7 Å². The molecule has 0 unspecified atom stereocenters. The van der Waals surface area contributed by atoms with Crippen molar-refractivity contribution in [2.24, 2.45) is 5.73 Å². The Hall–Kier alpha value is -1.75. The third-order valence-electron chi connectivity index (χ3n) is 2.11. The van der Waals surface area contributed by atoms with E-state index in [1.165, 1.54) is 0 Å². The quantitative estimate of drug-likeness (QED) is 0.442. The summed E-state index contributed by atoms with van der Waals surface area (Å²) in [7, 11) is 1.69. The van der Waals surface area contributed by atoms with Crippen molar-refractivity contribution in [3.05, 3.63) is 28.8 Å². The zero-order valence-electron chi connectivity index (χ0n) is 9.13. The van der Waals surface area contributed by atoms with E-state index in [-0.39, 0.29) is 11.9 Å². The third-order valence-corrected chi connectivity index (χ3v) is 2.42. The zero-order valence-corrected chi connectivity index (χ0v) is 9.89. The molecular formula is C10H14ClN5. The van der Waals surface area contributed by atoms with Gasteiger partial charge < -0.3 is 10.6 Å². The monoisotopic (exact) mass is 239 g/mol. The Kier molecular flexibility index (Phi) is 3.73. The van der Waals surface area contributed by atoms with E-state index in [2.05, 4.69) is 5.32 Å². The summed E-state index contributed by atoms with van der Waals surface area (Å²) < 4.78 is 0. The van der Waals surface area contributed by atoms with Gasteiger partial charge in [-0.3, -0.25) is 16.1 Å². The molecule has 0 amide bonds. The van der Waals surface area contributed by atoms with Crippen molar-refractivity contribution in [2.75, 3.05) is 11.9 Å². The average molecular weight is 240 g/mol. The van der Waals surface area contributed by atoms with Gasteiger partial charge in [-0.2, -0.15) is 0 Å². The largest absolute Gasteiger partial charge is 0.370 e. The molecule has 0 aliphatic rings. The molecule has 5 nitrogen and oxygen atoms in total. The standard InChI is InChI=1S/C10H14ClN5/c1-6-4-3-5-7(11)8(6)16(2)10(14)15-9(12)13/h3-5H,1-2H3,(H5,12,13,14,15). The van der Waals surface area contributed by atoms with Crippen LogP contribution in [0.5, 0.6) is 0 Å². The summed E-state index contributed by atoms with van der Waals surface area (Å²) in [5.41, 5.74) is 6.83. The first-order valence-electron chi connectivity index (χ1n) is 4.62. The zero-order chi connectivity index (χ0) is 12.3. The summed E-state index contributed by atoms with van der Waals surface area (Å²) in [4.78, 5) is 1.54. The van der Waals surface area contributed by atoms with Gasteiger partial charge in [-0.1, -0.05) is 23.7 Å². The van der Waals surface area contributed by atoms with Crippen molar-refractivity contribution in [3.63, 3.8) is 0 Å². The summed E-state index contributed by atoms with van der Waals surface area (Å²) in [6, 6.07) is 5.50. The van der Waals surface area contributed by atoms with Crippen molar-refractivity contribution >= 4 is 29.2 Å². The minimum Gasteiger partial charge on any atom is -0.370 e. The van der Waals surface area contributed by atoms with E-state index in [0.29, 0.717) is 5.02 Å². The summed E-state index contributed by atoms with van der Waals surface area (Å²) in [6.45, 7) is 1.90. The second-order valence-electron chi connectivity index (χ2n) is 3.35. The molecule has 86 valence electrons. The smallest absolute Gasteiger partial charge is 0.202 e. The van der Waals surface area contributed by atoms with Gasteiger partial charge in [0.05, 0.1) is 10.7 Å². The Morgan fingerprint density at radius 3 is 2.56 bits per heavy atom. The summed E-state index contributed by atoms with van der Waals surface area (Å²) >= 11 is 6.05. The van der Waals surface area contributed by atoms with E-state index < -0.39 is 0 Å². The highest BCUT2D eigenvalue weighted by molar-refractivity contribution is 6.34. The highest BCUT2D eigenvalue weighted by Crippen LogP contribution is 2.28. The minimum absolute atomic E-state index is 0.00343. The summed E-state index contributed by atoms with van der Waals surface area (Å²) in [6.07, 6.45) is 0. The van der Waals surface area contributed by atoms with E-state index in [9.17, 15) is 0 Å². The van der Waals surface area contributed by atoms with Gasteiger partial charge in [0.2, 0.25) is 5.96 Å². The maximum atomic E-state index is 7.69. The van der Waals surface area contributed by atoms with Gasteiger partial charge in [-0.05, 0) is 18.6 Å². The molecule has 1 aromatic rings. The van der Waals surface area contributed by atoms with Crippen LogP contribution < -0.4 is 16.0 Å². The fourth-order valence-electron chi connectivity index (χ4n) is 1.37. The lowest BCUT2D eigenvalue weighted by Gasteiger charge is -2.23. The molecule has 5 N–H and O–H groups in total. The molecule has 0 aromatic heterocycles. The average Bonchev–Trinajstić information content (AvgIpc) is 2.16. The number of benzene rings is 1. The topological polar surface area (TPSA) is 89.0 Å². The molecule has 0 spiro atoms. The number of para-hydroxylation sites is 1. The molecule has 0 saturated carbocycles. The number of hydrogen-bond acceptors (Lipinski definition) is 2. The van der Waals surface area contributed by atoms with Gasteiger partial charge in [0, 0.05) is 7.05 Å². The number of nitrogens with two attached hydrogens (primary N) is 1. The molecule has 0 atom stereocenters. The number of rotatable bonds is 1. The third kappa shape index (κ3) is 2.64. The van der Waals surface area contributed by atoms with Crippen LogP contribution in [0.4, 0.5) is 5.69 Å². The van der Waals surface area contributed by atoms with Gasteiger partial charge >= 0.3 is 0 Å². The van der Waals surface area contributed by atoms with E-state index in [4.69, 9.17) is 28.2 Å². The predicted molar refractivity (Wildman–Crippen MR) is 67.4 cm³/mol. The Labute approximate surface area is 99.2 Å². The lowest BCUT2D eigenvalue weighted by Crippen LogP contribution is -2.44. The summed E-state index contributed by atoms with van der Waals surface area (Å²) in [5, 5.41) is 17.7. The molecule has 0 bridgehead atoms. The van der Waals surface area contributed by atoms with Crippen LogP contribution >= 0.6 is 11.6 Å². The minimum atomic E-state index is -0.276. The highest BCUT2D eigenvalue weighted by Gasteiger charge is 2.13. The van der Waals surface area contributed by atoms with Crippen LogP contribution in [-0.2, 0) is 0 Å². The maximum Gasteiger partial charge on any atom is 0.202 e. The van der Waals surface area contributed by atoms with Crippen molar-refractivity contribution in [1.82, 2.24) is 5.32 Å². The second-order valence-corrected chi connectivity index (χ2v) is 3.76. The molecule has 1 rings (SSSR count). The maximum absolute atomic E-state index is 7.69. The fourth-order valence-corrected chi connectivity index (χ4v) is 1.72. The lowest BCUT2D eigenvalue weighted by molar-refractivity contribution is 1.10.